The average molecular weight is 641 g/mol. The Morgan fingerprint density at radius 2 is 1.04 bits per heavy atom. The predicted molar refractivity (Wildman–Crippen MR) is 186 cm³/mol. The van der Waals surface area contributed by atoms with Gasteiger partial charge in [0.2, 0.25) is 0 Å². The van der Waals surface area contributed by atoms with Gasteiger partial charge in [0, 0.05) is 94.5 Å². The number of benzene rings is 6. The first-order valence-electron chi connectivity index (χ1n) is 16.3. The van der Waals surface area contributed by atoms with Gasteiger partial charge in [-0.2, -0.15) is 9.78 Å². The number of hydrogen-bond donors (Lipinski definition) is 2. The van der Waals surface area contributed by atoms with Crippen LogP contribution in [0.4, 0.5) is 22.7 Å². The van der Waals surface area contributed by atoms with Gasteiger partial charge in [0.15, 0.2) is 11.5 Å². The molecule has 4 heterocycles. The molecule has 0 spiro atoms. The maximum atomic E-state index is 11.7. The maximum Gasteiger partial charge on any atom is 0.173 e. The molecular weight excluding hydrogens is 608 g/mol. The van der Waals surface area contributed by atoms with Gasteiger partial charge >= 0.3 is 0 Å². The van der Waals surface area contributed by atoms with Crippen LogP contribution in [0.3, 0.4) is 0 Å². The highest BCUT2D eigenvalue weighted by atomic mass is 17.2. The van der Waals surface area contributed by atoms with Crippen LogP contribution in [-0.4, -0.2) is 63.9 Å². The largest absolute Gasteiger partial charge is 0.507 e. The molecule has 48 heavy (non-hydrogen) atoms. The van der Waals surface area contributed by atoms with Gasteiger partial charge in [0.1, 0.15) is 23.7 Å². The molecule has 0 radical (unpaired) electrons. The van der Waals surface area contributed by atoms with Crippen molar-refractivity contribution < 1.29 is 29.8 Å². The van der Waals surface area contributed by atoms with E-state index in [4.69, 9.17) is 19.6 Å². The predicted octanol–water partition coefficient (Wildman–Crippen LogP) is 6.66. The summed E-state index contributed by atoms with van der Waals surface area (Å²) in [6.07, 6.45) is -1.04. The lowest BCUT2D eigenvalue weighted by Crippen LogP contribution is -2.54. The normalized spacial score (nSPS) is 23.4. The van der Waals surface area contributed by atoms with Crippen LogP contribution >= 0.6 is 0 Å². The van der Waals surface area contributed by atoms with Crippen molar-refractivity contribution in [3.05, 3.63) is 71.8 Å². The molecule has 2 N–H and O–H groups in total. The molecule has 4 aliphatic heterocycles. The molecule has 6 aromatic rings. The second kappa shape index (κ2) is 8.77. The molecule has 0 saturated heterocycles. The minimum Gasteiger partial charge on any atom is -0.507 e. The number of aromatic hydroxyl groups is 2. The van der Waals surface area contributed by atoms with Crippen molar-refractivity contribution in [1.82, 2.24) is 0 Å². The number of rotatable bonds is 1. The fraction of sp³-hybridized carbons (Fsp3) is 0.263. The zero-order valence-corrected chi connectivity index (χ0v) is 26.8. The number of phenolic OH excluding ortho intramolecular Hbond substituents is 2. The zero-order chi connectivity index (χ0) is 32.3. The highest BCUT2D eigenvalue weighted by Crippen LogP contribution is 2.64. The van der Waals surface area contributed by atoms with Crippen molar-refractivity contribution in [2.24, 2.45) is 0 Å². The maximum absolute atomic E-state index is 11.7. The number of nitrogens with zero attached hydrogens (tertiary/aromatic N) is 4. The average Bonchev–Trinajstić information content (AvgIpc) is 3.29. The van der Waals surface area contributed by atoms with Gasteiger partial charge in [0.25, 0.3) is 0 Å². The SMILES string of the molecule is CN1CN(C)c2c3cccc(O)c3c(C3C4OOc5cccc6c7c8c(ccc9c8c(c56)C4C3OO9)N(C)CN7C)c3c(O)ccc1c23. The number of phenols is 2. The summed E-state index contributed by atoms with van der Waals surface area (Å²) in [7, 11) is 8.31. The molecule has 0 amide bonds. The fourth-order valence-electron chi connectivity index (χ4n) is 9.67. The van der Waals surface area contributed by atoms with Crippen LogP contribution in [0.15, 0.2) is 60.7 Å². The van der Waals surface area contributed by atoms with Gasteiger partial charge in [0.05, 0.1) is 24.7 Å². The third kappa shape index (κ3) is 2.98. The van der Waals surface area contributed by atoms with Crippen LogP contribution in [0, 0.1) is 0 Å². The minimum absolute atomic E-state index is 0.129. The van der Waals surface area contributed by atoms with Gasteiger partial charge in [-0.1, -0.05) is 24.3 Å². The van der Waals surface area contributed by atoms with E-state index >= 15 is 0 Å². The summed E-state index contributed by atoms with van der Waals surface area (Å²) in [6, 6.07) is 19.6. The van der Waals surface area contributed by atoms with Gasteiger partial charge in [-0.15, -0.1) is 0 Å². The van der Waals surface area contributed by atoms with Crippen molar-refractivity contribution >= 4 is 65.8 Å². The molecule has 11 rings (SSSR count). The standard InChI is InChI=1S/C38H32N4O6/c1-39-15-41(3)35-17-7-5-9-21(43)25(17)31(29-22(44)13-11-19(39)27(29)35)33-37-34-32-26-18(8-6-10-23(26)45-47-37)36-28-20(40(2)16-42(36)4)12-14-24(30(28)32)46-48-38(33)34/h5-14,33-34,37-38,43-44H,15-16H2,1-4H3. The van der Waals surface area contributed by atoms with E-state index in [0.29, 0.717) is 28.9 Å². The van der Waals surface area contributed by atoms with Crippen molar-refractivity contribution in [2.45, 2.75) is 24.0 Å². The summed E-state index contributed by atoms with van der Waals surface area (Å²) in [5.41, 5.74) is 6.06. The van der Waals surface area contributed by atoms with Crippen LogP contribution in [0.1, 0.15) is 23.0 Å². The Kier molecular flexibility index (Phi) is 4.88. The Morgan fingerprint density at radius 3 is 1.71 bits per heavy atom. The molecule has 1 saturated carbocycles. The van der Waals surface area contributed by atoms with Crippen LogP contribution < -0.4 is 29.4 Å². The molecule has 0 aromatic heterocycles. The van der Waals surface area contributed by atoms with Crippen LogP contribution in [-0.2, 0) is 9.78 Å². The van der Waals surface area contributed by atoms with E-state index in [0.717, 1.165) is 72.9 Å². The Bertz CT molecular complexity index is 2460. The Morgan fingerprint density at radius 1 is 0.521 bits per heavy atom. The molecule has 6 aromatic carbocycles. The number of anilines is 4. The molecule has 0 bridgehead atoms. The summed E-state index contributed by atoms with van der Waals surface area (Å²) < 4.78 is 0. The first kappa shape index (κ1) is 26.7. The van der Waals surface area contributed by atoms with Gasteiger partial charge in [-0.3, -0.25) is 0 Å². The Hall–Kier alpha value is -5.32. The summed E-state index contributed by atoms with van der Waals surface area (Å²) in [5.74, 6) is 0.825. The molecule has 4 unspecified atom stereocenters. The minimum atomic E-state index is -0.519. The van der Waals surface area contributed by atoms with Crippen LogP contribution in [0.25, 0.3) is 43.1 Å². The van der Waals surface area contributed by atoms with Gasteiger partial charge < -0.3 is 39.6 Å². The lowest BCUT2D eigenvalue weighted by Gasteiger charge is -2.48. The zero-order valence-electron chi connectivity index (χ0n) is 26.8. The van der Waals surface area contributed by atoms with Crippen LogP contribution in [0.2, 0.25) is 0 Å². The van der Waals surface area contributed by atoms with E-state index < -0.39 is 18.1 Å². The summed E-state index contributed by atoms with van der Waals surface area (Å²) >= 11 is 0. The Labute approximate surface area is 275 Å². The van der Waals surface area contributed by atoms with E-state index in [1.54, 1.807) is 12.1 Å². The first-order chi connectivity index (χ1) is 23.3. The smallest absolute Gasteiger partial charge is 0.173 e. The summed E-state index contributed by atoms with van der Waals surface area (Å²) in [4.78, 5) is 34.5. The quantitative estimate of drug-likeness (QED) is 0.150. The summed E-state index contributed by atoms with van der Waals surface area (Å²) in [5, 5.41) is 30.7. The van der Waals surface area contributed by atoms with Crippen LogP contribution in [0.5, 0.6) is 23.0 Å². The van der Waals surface area contributed by atoms with E-state index in [9.17, 15) is 10.2 Å². The number of hydrogen-bond acceptors (Lipinski definition) is 10. The first-order valence-corrected chi connectivity index (χ1v) is 16.3. The van der Waals surface area contributed by atoms with Crippen molar-refractivity contribution in [3.63, 3.8) is 0 Å². The molecule has 240 valence electrons. The molecule has 4 atom stereocenters. The molecule has 5 aliphatic rings. The molecule has 1 fully saturated rings. The highest BCUT2D eigenvalue weighted by Gasteiger charge is 2.61. The van der Waals surface area contributed by atoms with E-state index in [2.05, 4.69) is 45.8 Å². The van der Waals surface area contributed by atoms with E-state index in [1.807, 2.05) is 50.5 Å². The second-order valence-corrected chi connectivity index (χ2v) is 14.0. The van der Waals surface area contributed by atoms with Gasteiger partial charge in [-0.05, 0) is 47.5 Å². The fourth-order valence-corrected chi connectivity index (χ4v) is 9.67. The Balaban J connectivity index is 1.24. The molecular formula is C38H32N4O6. The van der Waals surface area contributed by atoms with Crippen molar-refractivity contribution in [1.29, 1.82) is 0 Å². The lowest BCUT2D eigenvalue weighted by molar-refractivity contribution is -0.340. The number of fused-ring (bicyclic) bond motifs is 3. The summed E-state index contributed by atoms with van der Waals surface area (Å²) in [6.45, 7) is 1.40. The topological polar surface area (TPSA) is 90.3 Å². The molecule has 10 heteroatoms. The highest BCUT2D eigenvalue weighted by molar-refractivity contribution is 6.24. The van der Waals surface area contributed by atoms with E-state index in [1.165, 1.54) is 0 Å². The van der Waals surface area contributed by atoms with Crippen molar-refractivity contribution in [3.8, 4) is 23.0 Å². The lowest BCUT2D eigenvalue weighted by atomic mass is 9.60. The monoisotopic (exact) mass is 640 g/mol. The third-order valence-corrected chi connectivity index (χ3v) is 11.5. The third-order valence-electron chi connectivity index (χ3n) is 11.5. The second-order valence-electron chi connectivity index (χ2n) is 14.0. The van der Waals surface area contributed by atoms with Gasteiger partial charge in [-0.25, -0.2) is 0 Å². The van der Waals surface area contributed by atoms with E-state index in [-0.39, 0.29) is 17.4 Å². The van der Waals surface area contributed by atoms with Crippen molar-refractivity contribution in [2.75, 3.05) is 61.1 Å². The molecule has 10 nitrogen and oxygen atoms in total. The molecule has 1 aliphatic carbocycles.